The Morgan fingerprint density at radius 3 is 2.46 bits per heavy atom. The third kappa shape index (κ3) is 4.31. The van der Waals surface area contributed by atoms with Crippen LogP contribution >= 0.6 is 0 Å². The predicted octanol–water partition coefficient (Wildman–Crippen LogP) is 4.22. The van der Waals surface area contributed by atoms with Crippen LogP contribution in [0.1, 0.15) is 37.7 Å². The lowest BCUT2D eigenvalue weighted by molar-refractivity contribution is -0.117. The number of nitriles is 1. The number of fused-ring (bicyclic) bond motifs is 2. The third-order valence-electron chi connectivity index (χ3n) is 6.53. The van der Waals surface area contributed by atoms with Crippen molar-refractivity contribution in [2.24, 2.45) is 11.3 Å². The van der Waals surface area contributed by atoms with Gasteiger partial charge in [-0.25, -0.2) is 9.07 Å². The average Bonchev–Trinajstić information content (AvgIpc) is 3.43. The molecule has 3 aromatic rings. The Morgan fingerprint density at radius 2 is 1.81 bits per heavy atom. The second kappa shape index (κ2) is 9.14. The Kier molecular flexibility index (Phi) is 5.96. The summed E-state index contributed by atoms with van der Waals surface area (Å²) in [7, 11) is 0. The van der Waals surface area contributed by atoms with Gasteiger partial charge in [0, 0.05) is 10.9 Å². The fourth-order valence-electron chi connectivity index (χ4n) is 4.77. The summed E-state index contributed by atoms with van der Waals surface area (Å²) in [5.74, 6) is -3.55. The lowest BCUT2D eigenvalue weighted by Crippen LogP contribution is -2.34. The van der Waals surface area contributed by atoms with Crippen molar-refractivity contribution in [3.05, 3.63) is 100.0 Å². The maximum absolute atomic E-state index is 13.7. The summed E-state index contributed by atoms with van der Waals surface area (Å²) in [6.45, 7) is 6.42. The number of halogens is 1. The van der Waals surface area contributed by atoms with E-state index in [1.807, 2.05) is 42.5 Å². The third-order valence-corrected chi connectivity index (χ3v) is 6.53. The van der Waals surface area contributed by atoms with E-state index in [0.29, 0.717) is 17.3 Å². The first-order chi connectivity index (χ1) is 17.7. The van der Waals surface area contributed by atoms with Crippen LogP contribution in [0.4, 0.5) is 10.1 Å². The van der Waals surface area contributed by atoms with Crippen molar-refractivity contribution in [2.75, 3.05) is 5.32 Å². The van der Waals surface area contributed by atoms with E-state index in [-0.39, 0.29) is 11.1 Å². The molecule has 1 atom stereocenters. The molecule has 184 valence electrons. The number of amides is 1. The minimum absolute atomic E-state index is 0.0875. The van der Waals surface area contributed by atoms with Crippen LogP contribution < -0.4 is 15.9 Å². The van der Waals surface area contributed by atoms with Gasteiger partial charge in [0.05, 0.1) is 17.1 Å². The van der Waals surface area contributed by atoms with E-state index in [1.54, 1.807) is 4.68 Å². The fourth-order valence-corrected chi connectivity index (χ4v) is 4.77. The molecule has 0 spiro atoms. The number of Topliss-reactive ketones (excluding diaryl/α,β-unsaturated/α-hetero) is 1. The molecular formula is C30H25FN4O2. The molecule has 6 nitrogen and oxygen atoms in total. The summed E-state index contributed by atoms with van der Waals surface area (Å²) >= 11 is 0. The van der Waals surface area contributed by atoms with E-state index in [4.69, 9.17) is 0 Å². The topological polar surface area (TPSA) is 87.8 Å². The van der Waals surface area contributed by atoms with Crippen LogP contribution in [0.5, 0.6) is 0 Å². The quantitative estimate of drug-likeness (QED) is 0.427. The number of ketones is 1. The van der Waals surface area contributed by atoms with Gasteiger partial charge in [0.25, 0.3) is 0 Å². The maximum Gasteiger partial charge on any atom is 0.249 e. The number of hydrogen-bond donors (Lipinski definition) is 1. The largest absolute Gasteiger partial charge is 0.325 e. The first-order valence-electron chi connectivity index (χ1n) is 12.0. The molecule has 0 aliphatic heterocycles. The van der Waals surface area contributed by atoms with Crippen molar-refractivity contribution in [2.45, 2.75) is 27.2 Å². The number of carbonyl (C=O) groups excluding carboxylic acids is 2. The molecule has 1 aromatic heterocycles. The van der Waals surface area contributed by atoms with Crippen molar-refractivity contribution < 1.29 is 14.0 Å². The van der Waals surface area contributed by atoms with E-state index < -0.39 is 23.4 Å². The number of rotatable bonds is 5. The van der Waals surface area contributed by atoms with Crippen LogP contribution in [0.25, 0.3) is 17.3 Å². The zero-order valence-corrected chi connectivity index (χ0v) is 20.7. The Hall–Kier alpha value is -4.57. The molecule has 2 aromatic carbocycles. The van der Waals surface area contributed by atoms with Gasteiger partial charge in [0.1, 0.15) is 11.5 Å². The highest BCUT2D eigenvalue weighted by Crippen LogP contribution is 2.38. The molecule has 1 unspecified atom stereocenters. The van der Waals surface area contributed by atoms with Gasteiger partial charge in [-0.1, -0.05) is 51.1 Å². The molecule has 1 heterocycles. The number of nitrogens with one attached hydrogen (secondary N) is 1. The molecule has 1 N–H and O–H groups in total. The fraction of sp³-hybridized carbons (Fsp3) is 0.200. The summed E-state index contributed by atoms with van der Waals surface area (Å²) in [6, 6.07) is 16.4. The van der Waals surface area contributed by atoms with Gasteiger partial charge in [-0.05, 0) is 71.0 Å². The van der Waals surface area contributed by atoms with E-state index >= 15 is 0 Å². The van der Waals surface area contributed by atoms with Gasteiger partial charge < -0.3 is 5.32 Å². The van der Waals surface area contributed by atoms with Gasteiger partial charge in [-0.2, -0.15) is 10.4 Å². The maximum atomic E-state index is 13.7. The Balaban J connectivity index is 1.66. The van der Waals surface area contributed by atoms with Gasteiger partial charge >= 0.3 is 0 Å². The number of anilines is 1. The van der Waals surface area contributed by atoms with E-state index in [9.17, 15) is 19.2 Å². The van der Waals surface area contributed by atoms with Crippen LogP contribution in [0.2, 0.25) is 0 Å². The van der Waals surface area contributed by atoms with E-state index in [0.717, 1.165) is 27.8 Å². The van der Waals surface area contributed by atoms with Gasteiger partial charge in [0.15, 0.2) is 5.92 Å². The van der Waals surface area contributed by atoms with Crippen LogP contribution in [0.3, 0.4) is 0 Å². The Morgan fingerprint density at radius 1 is 1.11 bits per heavy atom. The highest BCUT2D eigenvalue weighted by Gasteiger charge is 2.34. The molecule has 0 radical (unpaired) electrons. The molecule has 0 fully saturated rings. The molecule has 0 saturated heterocycles. The van der Waals surface area contributed by atoms with Gasteiger partial charge in [-0.15, -0.1) is 0 Å². The number of allylic oxidation sites excluding steroid dienone is 4. The van der Waals surface area contributed by atoms with Gasteiger partial charge in [0.2, 0.25) is 11.7 Å². The number of carbonyl (C=O) groups is 2. The number of para-hydroxylation sites is 1. The standard InChI is InChI=1S/C30H25FN4O2/c1-30(2,3)24-11-7-10-21-22(24)16-25-26(21)27(34-35(25)20-8-5-4-6-9-20)28(36)23(17-32)29(37)33-19-14-12-18(31)13-15-19/h4-9,11-16,23H,10H2,1-3H3,(H,33,37). The molecular weight excluding hydrogens is 467 g/mol. The number of aromatic nitrogens is 2. The van der Waals surface area contributed by atoms with Crippen molar-refractivity contribution >= 4 is 29.0 Å². The molecule has 0 bridgehead atoms. The first-order valence-corrected chi connectivity index (χ1v) is 12.0. The zero-order chi connectivity index (χ0) is 26.3. The smallest absolute Gasteiger partial charge is 0.249 e. The molecule has 2 aliphatic rings. The van der Waals surface area contributed by atoms with Crippen molar-refractivity contribution in [1.29, 1.82) is 5.26 Å². The summed E-state index contributed by atoms with van der Waals surface area (Å²) in [4.78, 5) is 26.7. The number of benzene rings is 2. The number of nitrogens with zero attached hydrogens (tertiary/aromatic N) is 3. The predicted molar refractivity (Wildman–Crippen MR) is 139 cm³/mol. The van der Waals surface area contributed by atoms with Crippen molar-refractivity contribution in [3.63, 3.8) is 0 Å². The second-order valence-corrected chi connectivity index (χ2v) is 10.1. The van der Waals surface area contributed by atoms with E-state index in [2.05, 4.69) is 43.3 Å². The lowest BCUT2D eigenvalue weighted by atomic mass is 9.78. The minimum Gasteiger partial charge on any atom is -0.325 e. The van der Waals surface area contributed by atoms with Crippen molar-refractivity contribution in [3.8, 4) is 11.8 Å². The normalized spacial score (nSPS) is 14.9. The van der Waals surface area contributed by atoms with Crippen LogP contribution in [-0.2, 0) is 4.79 Å². The van der Waals surface area contributed by atoms with Gasteiger partial charge in [-0.3, -0.25) is 9.59 Å². The Bertz CT molecular complexity index is 1650. The SMILES string of the molecule is CC(C)(C)C1=C2C=c3c(c(C(=O)C(C#N)C(=O)Nc4ccc(F)cc4)nn3-c3ccccc3)=C2CC=C1. The average molecular weight is 493 g/mol. The monoisotopic (exact) mass is 492 g/mol. The number of hydrogen-bond acceptors (Lipinski definition) is 4. The summed E-state index contributed by atoms with van der Waals surface area (Å²) in [5.41, 5.74) is 4.17. The summed E-state index contributed by atoms with van der Waals surface area (Å²) in [5, 5.41) is 18.4. The molecule has 1 amide bonds. The van der Waals surface area contributed by atoms with Crippen LogP contribution in [-0.4, -0.2) is 21.5 Å². The first kappa shape index (κ1) is 24.1. The lowest BCUT2D eigenvalue weighted by Gasteiger charge is -2.26. The molecule has 37 heavy (non-hydrogen) atoms. The van der Waals surface area contributed by atoms with E-state index in [1.165, 1.54) is 24.3 Å². The zero-order valence-electron chi connectivity index (χ0n) is 20.7. The second-order valence-electron chi connectivity index (χ2n) is 10.1. The van der Waals surface area contributed by atoms with Crippen LogP contribution in [0.15, 0.2) is 77.9 Å². The molecule has 5 rings (SSSR count). The molecule has 0 saturated carbocycles. The molecule has 7 heteroatoms. The minimum atomic E-state index is -1.62. The highest BCUT2D eigenvalue weighted by molar-refractivity contribution is 6.15. The summed E-state index contributed by atoms with van der Waals surface area (Å²) in [6.07, 6.45) is 6.85. The van der Waals surface area contributed by atoms with Crippen LogP contribution in [0, 0.1) is 28.5 Å². The summed E-state index contributed by atoms with van der Waals surface area (Å²) < 4.78 is 15.0. The van der Waals surface area contributed by atoms with Crippen molar-refractivity contribution in [1.82, 2.24) is 9.78 Å². The Labute approximate surface area is 213 Å². The molecule has 2 aliphatic carbocycles. The highest BCUT2D eigenvalue weighted by atomic mass is 19.1.